The van der Waals surface area contributed by atoms with Gasteiger partial charge in [-0.05, 0) is 6.92 Å². The molecule has 0 spiro atoms. The van der Waals surface area contributed by atoms with E-state index in [-0.39, 0.29) is 0 Å². The molecule has 13 heteroatoms. The maximum Gasteiger partial charge on any atom is 0.471 e. The molecule has 3 N–H and O–H groups in total. The smallest absolute Gasteiger partial charge is 0.379 e. The van der Waals surface area contributed by atoms with Crippen LogP contribution in [-0.2, 0) is 14.3 Å². The summed E-state index contributed by atoms with van der Waals surface area (Å²) in [6.45, 7) is 0.808. The normalized spacial score (nSPS) is 35.7. The molecule has 0 unspecified atom stereocenters. The number of hydrogen-bond donors (Lipinski definition) is 3. The predicted octanol–water partition coefficient (Wildman–Crippen LogP) is 0.590. The lowest BCUT2D eigenvalue weighted by molar-refractivity contribution is -0.261. The third-order valence-corrected chi connectivity index (χ3v) is 3.26. The first-order valence-corrected chi connectivity index (χ1v) is 6.19. The van der Waals surface area contributed by atoms with Gasteiger partial charge >= 0.3 is 18.3 Å². The van der Waals surface area contributed by atoms with Crippen molar-refractivity contribution in [1.29, 1.82) is 0 Å². The van der Waals surface area contributed by atoms with Crippen LogP contribution in [0.15, 0.2) is 0 Å². The van der Waals surface area contributed by atoms with Crippen molar-refractivity contribution in [3.8, 4) is 0 Å². The highest BCUT2D eigenvalue weighted by molar-refractivity contribution is 6.22. The zero-order valence-corrected chi connectivity index (χ0v) is 11.9. The second kappa shape index (κ2) is 5.76. The maximum absolute atomic E-state index is 12.6. The van der Waals surface area contributed by atoms with Gasteiger partial charge in [-0.15, -0.1) is 0 Å². The van der Waals surface area contributed by atoms with E-state index < -0.39 is 53.5 Å². The Morgan fingerprint density at radius 1 is 1.17 bits per heavy atom. The van der Waals surface area contributed by atoms with E-state index >= 15 is 0 Å². The largest absolute Gasteiger partial charge is 0.471 e. The molecule has 0 saturated carbocycles. The molecule has 1 amide bonds. The fourth-order valence-corrected chi connectivity index (χ4v) is 2.50. The molecule has 1 saturated heterocycles. The molecule has 4 atom stereocenters. The summed E-state index contributed by atoms with van der Waals surface area (Å²) < 4.78 is 79.1. The second-order valence-electron chi connectivity index (χ2n) is 4.89. The standard InChI is InChI=1S/C10H10ClF6NO5/c1-3-4(18-6(20)10(15,16)17)7(21,2-8(11,22)23-3)5(19)9(12,13)14/h3-4,21-22H,2H2,1H3,(H,18,20)/t3-,4+,7-,8-/m1/s1. The minimum absolute atomic E-state index is 0.808. The zero-order valence-electron chi connectivity index (χ0n) is 11.1. The Morgan fingerprint density at radius 3 is 2.04 bits per heavy atom. The summed E-state index contributed by atoms with van der Waals surface area (Å²) in [5.41, 5.74) is -3.66. The molecule has 0 aromatic carbocycles. The number of ether oxygens (including phenoxy) is 1. The van der Waals surface area contributed by atoms with Crippen LogP contribution in [0, 0.1) is 0 Å². The number of carbonyl (C=O) groups is 2. The van der Waals surface area contributed by atoms with Crippen LogP contribution in [0.4, 0.5) is 26.3 Å². The quantitative estimate of drug-likeness (QED) is 0.486. The highest BCUT2D eigenvalue weighted by atomic mass is 35.5. The molecule has 6 nitrogen and oxygen atoms in total. The van der Waals surface area contributed by atoms with Gasteiger partial charge in [-0.2, -0.15) is 26.3 Å². The Balaban J connectivity index is 3.27. The summed E-state index contributed by atoms with van der Waals surface area (Å²) in [7, 11) is 0. The Kier molecular flexibility index (Phi) is 4.99. The lowest BCUT2D eigenvalue weighted by Crippen LogP contribution is -2.71. The lowest BCUT2D eigenvalue weighted by Gasteiger charge is -2.46. The van der Waals surface area contributed by atoms with Gasteiger partial charge in [-0.3, -0.25) is 9.59 Å². The van der Waals surface area contributed by atoms with Gasteiger partial charge in [0.2, 0.25) is 5.25 Å². The number of alkyl halides is 7. The average molecular weight is 374 g/mol. The number of carbonyl (C=O) groups excluding carboxylic acids is 2. The third-order valence-electron chi connectivity index (χ3n) is 3.03. The SMILES string of the molecule is C[C@H]1O[C@@](O)(Cl)C[C@](O)(C(=O)C(F)(F)F)[C@H]1NC(=O)C(F)(F)F. The number of halogens is 7. The van der Waals surface area contributed by atoms with Crippen molar-refractivity contribution < 1.29 is 50.9 Å². The molecular formula is C10H10ClF6NO5. The molecule has 0 aromatic rings. The van der Waals surface area contributed by atoms with Crippen LogP contribution >= 0.6 is 11.6 Å². The van der Waals surface area contributed by atoms with Crippen molar-refractivity contribution in [2.75, 3.05) is 0 Å². The summed E-state index contributed by atoms with van der Waals surface area (Å²) in [4.78, 5) is 22.3. The van der Waals surface area contributed by atoms with Crippen LogP contribution in [0.5, 0.6) is 0 Å². The first-order chi connectivity index (χ1) is 10.0. The van der Waals surface area contributed by atoms with Gasteiger partial charge in [0, 0.05) is 0 Å². The lowest BCUT2D eigenvalue weighted by atomic mass is 9.80. The number of ketones is 1. The maximum atomic E-state index is 12.6. The van der Waals surface area contributed by atoms with Gasteiger partial charge < -0.3 is 20.3 Å². The number of hydrogen-bond acceptors (Lipinski definition) is 5. The van der Waals surface area contributed by atoms with E-state index in [1.807, 2.05) is 0 Å². The highest BCUT2D eigenvalue weighted by Gasteiger charge is 2.64. The fraction of sp³-hybridized carbons (Fsp3) is 0.800. The van der Waals surface area contributed by atoms with Gasteiger partial charge in [0.25, 0.3) is 5.78 Å². The van der Waals surface area contributed by atoms with Crippen LogP contribution in [0.1, 0.15) is 13.3 Å². The van der Waals surface area contributed by atoms with Crippen LogP contribution in [0.2, 0.25) is 0 Å². The van der Waals surface area contributed by atoms with E-state index in [4.69, 9.17) is 11.6 Å². The second-order valence-corrected chi connectivity index (χ2v) is 5.48. The molecular weight excluding hydrogens is 364 g/mol. The van der Waals surface area contributed by atoms with E-state index in [1.165, 1.54) is 0 Å². The molecule has 0 aliphatic carbocycles. The van der Waals surface area contributed by atoms with E-state index in [9.17, 15) is 46.1 Å². The van der Waals surface area contributed by atoms with E-state index in [2.05, 4.69) is 4.74 Å². The first-order valence-electron chi connectivity index (χ1n) is 5.81. The van der Waals surface area contributed by atoms with Crippen LogP contribution in [0.25, 0.3) is 0 Å². The van der Waals surface area contributed by atoms with Crippen LogP contribution in [0.3, 0.4) is 0 Å². The van der Waals surface area contributed by atoms with Crippen molar-refractivity contribution in [2.45, 2.75) is 48.7 Å². The van der Waals surface area contributed by atoms with Crippen molar-refractivity contribution in [3.05, 3.63) is 0 Å². The summed E-state index contributed by atoms with van der Waals surface area (Å²) in [6.07, 6.45) is -14.6. The Morgan fingerprint density at radius 2 is 1.65 bits per heavy atom. The van der Waals surface area contributed by atoms with Crippen molar-refractivity contribution in [1.82, 2.24) is 5.32 Å². The molecule has 0 aromatic heterocycles. The zero-order chi connectivity index (χ0) is 18.4. The Hall–Kier alpha value is -1.11. The van der Waals surface area contributed by atoms with Gasteiger partial charge in [0.1, 0.15) is 0 Å². The predicted molar refractivity (Wildman–Crippen MR) is 60.0 cm³/mol. The first kappa shape index (κ1) is 19.9. The summed E-state index contributed by atoms with van der Waals surface area (Å²) in [6, 6.07) is -2.45. The third kappa shape index (κ3) is 4.25. The molecule has 1 aliphatic rings. The number of aliphatic hydroxyl groups is 2. The average Bonchev–Trinajstić information content (AvgIpc) is 2.28. The number of Topliss-reactive ketones (excluding diaryl/α,β-unsaturated/α-hetero) is 1. The summed E-state index contributed by atoms with van der Waals surface area (Å²) in [5, 5.41) is 17.5. The molecule has 1 heterocycles. The molecule has 134 valence electrons. The molecule has 23 heavy (non-hydrogen) atoms. The van der Waals surface area contributed by atoms with Crippen LogP contribution < -0.4 is 5.32 Å². The number of nitrogens with one attached hydrogen (secondary N) is 1. The van der Waals surface area contributed by atoms with E-state index in [1.54, 1.807) is 0 Å². The van der Waals surface area contributed by atoms with Gasteiger partial charge in [-0.1, -0.05) is 11.6 Å². The molecule has 1 rings (SSSR count). The Bertz CT molecular complexity index is 507. The Labute approximate surface area is 129 Å². The number of amides is 1. The fourth-order valence-electron chi connectivity index (χ4n) is 2.15. The number of rotatable bonds is 2. The molecule has 0 radical (unpaired) electrons. The monoisotopic (exact) mass is 373 g/mol. The van der Waals surface area contributed by atoms with Gasteiger partial charge in [-0.25, -0.2) is 0 Å². The molecule has 1 aliphatic heterocycles. The van der Waals surface area contributed by atoms with Crippen molar-refractivity contribution in [3.63, 3.8) is 0 Å². The van der Waals surface area contributed by atoms with Gasteiger partial charge in [0.15, 0.2) is 5.60 Å². The highest BCUT2D eigenvalue weighted by Crippen LogP contribution is 2.41. The van der Waals surface area contributed by atoms with Crippen molar-refractivity contribution in [2.24, 2.45) is 0 Å². The molecule has 0 bridgehead atoms. The topological polar surface area (TPSA) is 95.9 Å². The summed E-state index contributed by atoms with van der Waals surface area (Å²) >= 11 is 5.26. The van der Waals surface area contributed by atoms with Gasteiger partial charge in [0.05, 0.1) is 18.6 Å². The minimum Gasteiger partial charge on any atom is -0.379 e. The summed E-state index contributed by atoms with van der Waals surface area (Å²) in [5.74, 6) is -5.59. The van der Waals surface area contributed by atoms with Crippen molar-refractivity contribution >= 4 is 23.3 Å². The van der Waals surface area contributed by atoms with E-state index in [0.717, 1.165) is 12.2 Å². The minimum atomic E-state index is -5.67. The molecule has 1 fully saturated rings. The van der Waals surface area contributed by atoms with E-state index in [0.29, 0.717) is 0 Å². The van der Waals surface area contributed by atoms with Crippen LogP contribution in [-0.4, -0.2) is 57.2 Å².